The number of ketones is 1. The number of hydrogen-bond acceptors (Lipinski definition) is 5. The van der Waals surface area contributed by atoms with Gasteiger partial charge < -0.3 is 19.6 Å². The molecule has 1 aliphatic heterocycles. The molecule has 1 heterocycles. The first kappa shape index (κ1) is 25.3. The molecule has 0 spiro atoms. The number of amides is 1. The fourth-order valence-corrected chi connectivity index (χ4v) is 4.35. The van der Waals surface area contributed by atoms with Gasteiger partial charge in [0.2, 0.25) is 0 Å². The van der Waals surface area contributed by atoms with Crippen LogP contribution in [0, 0.1) is 0 Å². The second-order valence-corrected chi connectivity index (χ2v) is 9.87. The Bertz CT molecular complexity index is 1090. The topological polar surface area (TPSA) is 70.1 Å². The van der Waals surface area contributed by atoms with Crippen LogP contribution in [0.5, 0.6) is 5.75 Å². The fourth-order valence-electron chi connectivity index (χ4n) is 4.35. The number of aliphatic hydroxyl groups is 1. The van der Waals surface area contributed by atoms with E-state index in [-0.39, 0.29) is 16.7 Å². The third-order valence-electron chi connectivity index (χ3n) is 6.09. The van der Waals surface area contributed by atoms with Crippen LogP contribution >= 0.6 is 0 Å². The van der Waals surface area contributed by atoms with E-state index in [2.05, 4.69) is 20.8 Å². The normalized spacial score (nSPS) is 17.9. The van der Waals surface area contributed by atoms with Crippen molar-refractivity contribution in [3.05, 3.63) is 64.7 Å². The molecule has 182 valence electrons. The predicted octanol–water partition coefficient (Wildman–Crippen LogP) is 5.28. The highest BCUT2D eigenvalue weighted by molar-refractivity contribution is 6.46. The SMILES string of the molecule is CCCN1C(=O)C(=O)/C(=C(\O)c2ccc(OCC)c(C(C)(C)C)c2)C1c1ccc(N(C)C)cc1. The molecule has 0 radical (unpaired) electrons. The molecule has 1 unspecified atom stereocenters. The summed E-state index contributed by atoms with van der Waals surface area (Å²) < 4.78 is 5.80. The summed E-state index contributed by atoms with van der Waals surface area (Å²) in [6.45, 7) is 11.1. The van der Waals surface area contributed by atoms with Gasteiger partial charge in [0.1, 0.15) is 11.5 Å². The number of ether oxygens (including phenoxy) is 1. The molecule has 2 aromatic carbocycles. The first-order valence-corrected chi connectivity index (χ1v) is 11.8. The van der Waals surface area contributed by atoms with Crippen LogP contribution in [-0.4, -0.2) is 48.9 Å². The van der Waals surface area contributed by atoms with E-state index in [0.29, 0.717) is 25.1 Å². The van der Waals surface area contributed by atoms with Crippen molar-refractivity contribution >= 4 is 23.1 Å². The molecule has 0 aliphatic carbocycles. The van der Waals surface area contributed by atoms with Gasteiger partial charge in [-0.05, 0) is 54.7 Å². The van der Waals surface area contributed by atoms with Crippen molar-refractivity contribution in [3.63, 3.8) is 0 Å². The van der Waals surface area contributed by atoms with E-state index in [9.17, 15) is 14.7 Å². The highest BCUT2D eigenvalue weighted by Gasteiger charge is 2.45. The summed E-state index contributed by atoms with van der Waals surface area (Å²) >= 11 is 0. The van der Waals surface area contributed by atoms with Crippen molar-refractivity contribution in [1.82, 2.24) is 4.90 Å². The van der Waals surface area contributed by atoms with Crippen LogP contribution in [0.15, 0.2) is 48.0 Å². The van der Waals surface area contributed by atoms with Crippen molar-refractivity contribution in [2.75, 3.05) is 32.1 Å². The van der Waals surface area contributed by atoms with Gasteiger partial charge in [-0.1, -0.05) is 39.8 Å². The van der Waals surface area contributed by atoms with Gasteiger partial charge in [0.15, 0.2) is 0 Å². The van der Waals surface area contributed by atoms with Gasteiger partial charge >= 0.3 is 0 Å². The number of benzene rings is 2. The van der Waals surface area contributed by atoms with E-state index < -0.39 is 17.7 Å². The van der Waals surface area contributed by atoms with Crippen molar-refractivity contribution < 1.29 is 19.4 Å². The second kappa shape index (κ2) is 9.92. The minimum Gasteiger partial charge on any atom is -0.507 e. The summed E-state index contributed by atoms with van der Waals surface area (Å²) in [5.41, 5.74) is 3.11. The third-order valence-corrected chi connectivity index (χ3v) is 6.09. The largest absolute Gasteiger partial charge is 0.507 e. The zero-order chi connectivity index (χ0) is 25.2. The standard InChI is InChI=1S/C28H36N2O4/c1-8-16-30-24(18-10-13-20(14-11-18)29(6)7)23(26(32)27(30)33)25(31)19-12-15-22(34-9-2)21(17-19)28(3,4)5/h10-15,17,24,31H,8-9,16H2,1-7H3/b25-23-. The number of carbonyl (C=O) groups excluding carboxylic acids is 2. The number of carbonyl (C=O) groups is 2. The maximum Gasteiger partial charge on any atom is 0.295 e. The number of nitrogens with zero attached hydrogens (tertiary/aromatic N) is 2. The predicted molar refractivity (Wildman–Crippen MR) is 136 cm³/mol. The van der Waals surface area contributed by atoms with E-state index >= 15 is 0 Å². The molecule has 3 rings (SSSR count). The van der Waals surface area contributed by atoms with Crippen molar-refractivity contribution in [1.29, 1.82) is 0 Å². The Morgan fingerprint density at radius 1 is 1.06 bits per heavy atom. The molecule has 2 aromatic rings. The molecule has 1 amide bonds. The lowest BCUT2D eigenvalue weighted by Crippen LogP contribution is -2.30. The molecular weight excluding hydrogens is 428 g/mol. The van der Waals surface area contributed by atoms with E-state index in [1.54, 1.807) is 11.0 Å². The van der Waals surface area contributed by atoms with Crippen molar-refractivity contribution in [3.8, 4) is 5.75 Å². The monoisotopic (exact) mass is 464 g/mol. The molecule has 1 fully saturated rings. The molecular formula is C28H36N2O4. The molecule has 6 nitrogen and oxygen atoms in total. The molecule has 1 atom stereocenters. The number of anilines is 1. The van der Waals surface area contributed by atoms with Gasteiger partial charge in [0.05, 0.1) is 18.2 Å². The Hall–Kier alpha value is -3.28. The third kappa shape index (κ3) is 4.81. The maximum atomic E-state index is 13.2. The number of Topliss-reactive ketones (excluding diaryl/α,β-unsaturated/α-hetero) is 1. The van der Waals surface area contributed by atoms with Crippen LogP contribution in [0.2, 0.25) is 0 Å². The summed E-state index contributed by atoms with van der Waals surface area (Å²) in [5, 5.41) is 11.4. The lowest BCUT2D eigenvalue weighted by Gasteiger charge is -2.26. The fraction of sp³-hybridized carbons (Fsp3) is 0.429. The van der Waals surface area contributed by atoms with Crippen molar-refractivity contribution in [2.45, 2.75) is 52.5 Å². The highest BCUT2D eigenvalue weighted by atomic mass is 16.5. The van der Waals surface area contributed by atoms with E-state index in [1.165, 1.54) is 0 Å². The average molecular weight is 465 g/mol. The number of hydrogen-bond donors (Lipinski definition) is 1. The molecule has 1 aliphatic rings. The summed E-state index contributed by atoms with van der Waals surface area (Å²) in [7, 11) is 3.91. The van der Waals surface area contributed by atoms with Crippen LogP contribution < -0.4 is 9.64 Å². The Labute approximate surface area is 202 Å². The second-order valence-electron chi connectivity index (χ2n) is 9.87. The minimum absolute atomic E-state index is 0.125. The Morgan fingerprint density at radius 3 is 2.24 bits per heavy atom. The molecule has 1 N–H and O–H groups in total. The molecule has 0 aromatic heterocycles. The summed E-state index contributed by atoms with van der Waals surface area (Å²) in [6, 6.07) is 12.5. The number of rotatable bonds is 7. The summed E-state index contributed by atoms with van der Waals surface area (Å²) in [5.74, 6) is -0.646. The number of aliphatic hydroxyl groups excluding tert-OH is 1. The minimum atomic E-state index is -0.654. The van der Waals surface area contributed by atoms with E-state index in [0.717, 1.165) is 22.6 Å². The zero-order valence-corrected chi connectivity index (χ0v) is 21.3. The lowest BCUT2D eigenvalue weighted by atomic mass is 9.84. The van der Waals surface area contributed by atoms with Gasteiger partial charge in [-0.15, -0.1) is 0 Å². The lowest BCUT2D eigenvalue weighted by molar-refractivity contribution is -0.139. The zero-order valence-electron chi connectivity index (χ0n) is 21.3. The highest BCUT2D eigenvalue weighted by Crippen LogP contribution is 2.41. The average Bonchev–Trinajstić information content (AvgIpc) is 3.03. The molecule has 0 bridgehead atoms. The Morgan fingerprint density at radius 2 is 1.71 bits per heavy atom. The van der Waals surface area contributed by atoms with Crippen LogP contribution in [0.4, 0.5) is 5.69 Å². The molecule has 34 heavy (non-hydrogen) atoms. The maximum absolute atomic E-state index is 13.2. The Kier molecular flexibility index (Phi) is 7.39. The van der Waals surface area contributed by atoms with Crippen LogP contribution in [0.1, 0.15) is 63.8 Å². The van der Waals surface area contributed by atoms with Gasteiger partial charge in [-0.25, -0.2) is 0 Å². The van der Waals surface area contributed by atoms with E-state index in [1.807, 2.05) is 69.2 Å². The van der Waals surface area contributed by atoms with Crippen LogP contribution in [0.25, 0.3) is 5.76 Å². The first-order valence-electron chi connectivity index (χ1n) is 11.8. The van der Waals surface area contributed by atoms with Crippen molar-refractivity contribution in [2.24, 2.45) is 0 Å². The van der Waals surface area contributed by atoms with Gasteiger partial charge in [0.25, 0.3) is 11.7 Å². The van der Waals surface area contributed by atoms with Gasteiger partial charge in [-0.3, -0.25) is 9.59 Å². The number of likely N-dealkylation sites (tertiary alicyclic amines) is 1. The van der Waals surface area contributed by atoms with Gasteiger partial charge in [0, 0.05) is 37.5 Å². The summed E-state index contributed by atoms with van der Waals surface area (Å²) in [4.78, 5) is 29.7. The Balaban J connectivity index is 2.19. The smallest absolute Gasteiger partial charge is 0.295 e. The quantitative estimate of drug-likeness (QED) is 0.343. The molecule has 6 heteroatoms. The van der Waals surface area contributed by atoms with Crippen LogP contribution in [-0.2, 0) is 15.0 Å². The molecule has 1 saturated heterocycles. The van der Waals surface area contributed by atoms with Gasteiger partial charge in [-0.2, -0.15) is 0 Å². The molecule has 0 saturated carbocycles. The van der Waals surface area contributed by atoms with E-state index in [4.69, 9.17) is 4.74 Å². The summed E-state index contributed by atoms with van der Waals surface area (Å²) in [6.07, 6.45) is 0.705. The first-order chi connectivity index (χ1) is 16.0. The van der Waals surface area contributed by atoms with Crippen LogP contribution in [0.3, 0.4) is 0 Å².